The molecular weight excluding hydrogens is 416 g/mol. The monoisotopic (exact) mass is 440 g/mol. The summed E-state index contributed by atoms with van der Waals surface area (Å²) in [6.07, 6.45) is 8.66. The lowest BCUT2D eigenvalue weighted by atomic mass is 10.0. The maximum atomic E-state index is 12.6. The van der Waals surface area contributed by atoms with Crippen molar-refractivity contribution in [3.8, 4) is 16.8 Å². The molecule has 1 aliphatic rings. The first-order valence-electron chi connectivity index (χ1n) is 10.8. The average molecular weight is 441 g/mol. The highest BCUT2D eigenvalue weighted by molar-refractivity contribution is 5.94. The molecule has 0 saturated heterocycles. The first-order valence-corrected chi connectivity index (χ1v) is 10.8. The van der Waals surface area contributed by atoms with Gasteiger partial charge in [-0.05, 0) is 60.4 Å². The van der Waals surface area contributed by atoms with Crippen LogP contribution < -0.4 is 5.32 Å². The molecule has 5 rings (SSSR count). The fraction of sp³-hybridized carbons (Fsp3) is 0.240. The van der Waals surface area contributed by atoms with Crippen LogP contribution in [0.3, 0.4) is 0 Å². The van der Waals surface area contributed by atoms with Gasteiger partial charge in [-0.1, -0.05) is 6.07 Å². The lowest BCUT2D eigenvalue weighted by Gasteiger charge is -2.20. The maximum Gasteiger partial charge on any atom is 0.247 e. The summed E-state index contributed by atoms with van der Waals surface area (Å²) in [7, 11) is 3.41. The highest BCUT2D eigenvalue weighted by Crippen LogP contribution is 2.37. The molecule has 1 saturated carbocycles. The highest BCUT2D eigenvalue weighted by atomic mass is 16.2. The van der Waals surface area contributed by atoms with Crippen molar-refractivity contribution in [2.45, 2.75) is 24.8 Å². The van der Waals surface area contributed by atoms with Crippen LogP contribution in [0.5, 0.6) is 0 Å². The zero-order valence-electron chi connectivity index (χ0n) is 18.5. The van der Waals surface area contributed by atoms with E-state index in [9.17, 15) is 9.59 Å². The zero-order chi connectivity index (χ0) is 23.0. The predicted octanol–water partition coefficient (Wildman–Crippen LogP) is 2.76. The molecule has 0 bridgehead atoms. The number of hydrogen-bond acceptors (Lipinski definition) is 5. The van der Waals surface area contributed by atoms with Crippen LogP contribution in [0.25, 0.3) is 27.7 Å². The van der Waals surface area contributed by atoms with Gasteiger partial charge >= 0.3 is 0 Å². The predicted molar refractivity (Wildman–Crippen MR) is 125 cm³/mol. The van der Waals surface area contributed by atoms with Crippen LogP contribution in [0.2, 0.25) is 0 Å². The summed E-state index contributed by atoms with van der Waals surface area (Å²) < 4.78 is 1.81. The number of amides is 2. The Kier molecular flexibility index (Phi) is 5.12. The van der Waals surface area contributed by atoms with Crippen LogP contribution in [-0.4, -0.2) is 56.1 Å². The molecule has 1 fully saturated rings. The van der Waals surface area contributed by atoms with Crippen molar-refractivity contribution < 1.29 is 9.59 Å². The van der Waals surface area contributed by atoms with E-state index in [1.807, 2.05) is 47.3 Å². The molecule has 4 aromatic rings. The second kappa shape index (κ2) is 8.12. The van der Waals surface area contributed by atoms with Crippen molar-refractivity contribution in [1.82, 2.24) is 30.0 Å². The summed E-state index contributed by atoms with van der Waals surface area (Å²) in [4.78, 5) is 35.0. The van der Waals surface area contributed by atoms with E-state index in [-0.39, 0.29) is 18.2 Å². The number of pyridine rings is 2. The van der Waals surface area contributed by atoms with Crippen LogP contribution in [0.1, 0.15) is 18.5 Å². The van der Waals surface area contributed by atoms with Gasteiger partial charge in [-0.15, -0.1) is 0 Å². The molecule has 3 aromatic heterocycles. The van der Waals surface area contributed by atoms with E-state index in [0.717, 1.165) is 27.7 Å². The van der Waals surface area contributed by atoms with Gasteiger partial charge in [0.25, 0.3) is 0 Å². The molecule has 2 amide bonds. The second-order valence-corrected chi connectivity index (χ2v) is 8.60. The summed E-state index contributed by atoms with van der Waals surface area (Å²) in [5.74, 6) is -0.252. The Hall–Kier alpha value is -4.07. The molecule has 0 radical (unpaired) electrons. The first-order chi connectivity index (χ1) is 15.9. The number of carbonyl (C=O) groups excluding carboxylic acids is 2. The summed E-state index contributed by atoms with van der Waals surface area (Å²) in [5, 5.41) is 8.54. The maximum absolute atomic E-state index is 12.6. The van der Waals surface area contributed by atoms with Gasteiger partial charge in [0.2, 0.25) is 11.8 Å². The minimum absolute atomic E-state index is 0.0577. The van der Waals surface area contributed by atoms with Gasteiger partial charge in [0.05, 0.1) is 29.5 Å². The number of nitrogens with one attached hydrogen (secondary N) is 1. The van der Waals surface area contributed by atoms with Crippen LogP contribution in [0.15, 0.2) is 67.3 Å². The zero-order valence-corrected chi connectivity index (χ0v) is 18.5. The molecule has 1 aromatic carbocycles. The standard InChI is InChI=1S/C25H24N6O2/c1-30(2)24(33)25(8-9-25)28-23(32)14-20-13-18(7-11-27-20)17-5-6-22-19(12-17)16-31(29-22)21-4-3-10-26-15-21/h3-7,10-13,15-16H,8-9,14H2,1-2H3,(H,28,32). The van der Waals surface area contributed by atoms with Gasteiger partial charge < -0.3 is 10.2 Å². The topological polar surface area (TPSA) is 93.0 Å². The van der Waals surface area contributed by atoms with Gasteiger partial charge in [-0.2, -0.15) is 5.10 Å². The Balaban J connectivity index is 1.34. The Bertz CT molecular complexity index is 1340. The number of fused-ring (bicyclic) bond motifs is 1. The molecule has 1 aliphatic carbocycles. The molecule has 0 aliphatic heterocycles. The van der Waals surface area contributed by atoms with Crippen LogP contribution in [0.4, 0.5) is 0 Å². The third-order valence-corrected chi connectivity index (χ3v) is 5.85. The number of benzene rings is 1. The summed E-state index contributed by atoms with van der Waals surface area (Å²) in [6, 6.07) is 13.7. The second-order valence-electron chi connectivity index (χ2n) is 8.60. The largest absolute Gasteiger partial charge is 0.347 e. The number of nitrogens with zero attached hydrogens (tertiary/aromatic N) is 5. The van der Waals surface area contributed by atoms with Crippen molar-refractivity contribution >= 4 is 22.7 Å². The SMILES string of the molecule is CN(C)C(=O)C1(NC(=O)Cc2cc(-c3ccc4nn(-c5cccnc5)cc4c3)ccn2)CC1. The fourth-order valence-corrected chi connectivity index (χ4v) is 4.00. The van der Waals surface area contributed by atoms with Crippen molar-refractivity contribution in [3.63, 3.8) is 0 Å². The number of likely N-dealkylation sites (N-methyl/N-ethyl adjacent to an activating group) is 1. The van der Waals surface area contributed by atoms with E-state index in [0.29, 0.717) is 18.5 Å². The Morgan fingerprint density at radius 2 is 1.91 bits per heavy atom. The van der Waals surface area contributed by atoms with Gasteiger partial charge in [-0.25, -0.2) is 4.68 Å². The molecule has 8 nitrogen and oxygen atoms in total. The van der Waals surface area contributed by atoms with Crippen LogP contribution in [0, 0.1) is 0 Å². The minimum atomic E-state index is -0.738. The average Bonchev–Trinajstić information content (AvgIpc) is 3.46. The minimum Gasteiger partial charge on any atom is -0.347 e. The lowest BCUT2D eigenvalue weighted by Crippen LogP contribution is -2.48. The van der Waals surface area contributed by atoms with Crippen molar-refractivity contribution in [3.05, 3.63) is 72.9 Å². The van der Waals surface area contributed by atoms with E-state index in [1.165, 1.54) is 4.90 Å². The molecule has 0 spiro atoms. The third kappa shape index (κ3) is 4.19. The van der Waals surface area contributed by atoms with Crippen LogP contribution in [-0.2, 0) is 16.0 Å². The molecule has 0 atom stereocenters. The van der Waals surface area contributed by atoms with Gasteiger partial charge in [0.15, 0.2) is 0 Å². The Labute approximate surface area is 191 Å². The Morgan fingerprint density at radius 1 is 1.09 bits per heavy atom. The molecule has 33 heavy (non-hydrogen) atoms. The molecule has 3 heterocycles. The normalized spacial score (nSPS) is 14.1. The van der Waals surface area contributed by atoms with E-state index in [4.69, 9.17) is 0 Å². The van der Waals surface area contributed by atoms with Gasteiger partial charge in [-0.3, -0.25) is 19.6 Å². The van der Waals surface area contributed by atoms with Crippen molar-refractivity contribution in [1.29, 1.82) is 0 Å². The molecule has 8 heteroatoms. The lowest BCUT2D eigenvalue weighted by molar-refractivity contribution is -0.135. The molecule has 1 N–H and O–H groups in total. The van der Waals surface area contributed by atoms with Gasteiger partial charge in [0.1, 0.15) is 5.54 Å². The molecule has 0 unspecified atom stereocenters. The van der Waals surface area contributed by atoms with E-state index >= 15 is 0 Å². The molecular formula is C25H24N6O2. The quantitative estimate of drug-likeness (QED) is 0.498. The third-order valence-electron chi connectivity index (χ3n) is 5.85. The number of aromatic nitrogens is 4. The van der Waals surface area contributed by atoms with E-state index in [1.54, 1.807) is 32.7 Å². The van der Waals surface area contributed by atoms with E-state index < -0.39 is 5.54 Å². The van der Waals surface area contributed by atoms with Crippen molar-refractivity contribution in [2.75, 3.05) is 14.1 Å². The van der Waals surface area contributed by atoms with Crippen LogP contribution >= 0.6 is 0 Å². The highest BCUT2D eigenvalue weighted by Gasteiger charge is 2.51. The fourth-order valence-electron chi connectivity index (χ4n) is 4.00. The first kappa shape index (κ1) is 20.8. The number of rotatable bonds is 6. The summed E-state index contributed by atoms with van der Waals surface area (Å²) in [5.41, 5.74) is 3.68. The number of carbonyl (C=O) groups is 2. The van der Waals surface area contributed by atoms with E-state index in [2.05, 4.69) is 26.4 Å². The molecule has 166 valence electrons. The van der Waals surface area contributed by atoms with Gasteiger partial charge in [0, 0.05) is 38.1 Å². The summed E-state index contributed by atoms with van der Waals surface area (Å²) in [6.45, 7) is 0. The summed E-state index contributed by atoms with van der Waals surface area (Å²) >= 11 is 0. The van der Waals surface area contributed by atoms with Crippen molar-refractivity contribution in [2.24, 2.45) is 0 Å². The number of hydrogen-bond donors (Lipinski definition) is 1. The Morgan fingerprint density at radius 3 is 2.64 bits per heavy atom. The smallest absolute Gasteiger partial charge is 0.247 e.